The Bertz CT molecular complexity index is 761. The number of carbonyl (C=O) groups is 2. The van der Waals surface area contributed by atoms with Crippen molar-refractivity contribution in [3.8, 4) is 0 Å². The molecule has 1 aromatic rings. The highest BCUT2D eigenvalue weighted by Gasteiger charge is 2.33. The zero-order valence-corrected chi connectivity index (χ0v) is 17.6. The molecule has 0 saturated carbocycles. The summed E-state index contributed by atoms with van der Waals surface area (Å²) in [6.45, 7) is 6.64. The SMILES string of the molecule is CCCCNC(=O)Nc1ccc(C2NC(=S)N(C)C(C)=C2C(=O)OCC)cc1. The lowest BCUT2D eigenvalue weighted by atomic mass is 9.95. The molecule has 0 radical (unpaired) electrons. The molecule has 0 spiro atoms. The Morgan fingerprint density at radius 2 is 1.93 bits per heavy atom. The molecule has 0 aromatic heterocycles. The predicted molar refractivity (Wildman–Crippen MR) is 114 cm³/mol. The number of urea groups is 1. The van der Waals surface area contributed by atoms with Crippen LogP contribution in [0.4, 0.5) is 10.5 Å². The number of carbonyl (C=O) groups excluding carboxylic acids is 2. The lowest BCUT2D eigenvalue weighted by molar-refractivity contribution is -0.139. The van der Waals surface area contributed by atoms with Gasteiger partial charge in [-0.1, -0.05) is 25.5 Å². The number of anilines is 1. The largest absolute Gasteiger partial charge is 0.463 e. The maximum Gasteiger partial charge on any atom is 0.338 e. The van der Waals surface area contributed by atoms with Crippen molar-refractivity contribution in [2.24, 2.45) is 0 Å². The Hall–Kier alpha value is -2.61. The van der Waals surface area contributed by atoms with E-state index >= 15 is 0 Å². The highest BCUT2D eigenvalue weighted by molar-refractivity contribution is 7.80. The number of thiocarbonyl (C=S) groups is 1. The summed E-state index contributed by atoms with van der Waals surface area (Å²) in [5.74, 6) is -0.371. The van der Waals surface area contributed by atoms with Crippen molar-refractivity contribution in [3.63, 3.8) is 0 Å². The van der Waals surface area contributed by atoms with Gasteiger partial charge in [-0.15, -0.1) is 0 Å². The average Bonchev–Trinajstić information content (AvgIpc) is 2.67. The van der Waals surface area contributed by atoms with Gasteiger partial charge in [-0.2, -0.15) is 0 Å². The molecule has 1 heterocycles. The fraction of sp³-hybridized carbons (Fsp3) is 0.450. The molecule has 3 N–H and O–H groups in total. The first-order chi connectivity index (χ1) is 13.4. The molecular weight excluding hydrogens is 376 g/mol. The van der Waals surface area contributed by atoms with Crippen LogP contribution in [0, 0.1) is 0 Å². The number of ether oxygens (including phenoxy) is 1. The van der Waals surface area contributed by atoms with Crippen molar-refractivity contribution in [1.82, 2.24) is 15.5 Å². The molecule has 1 aromatic carbocycles. The Balaban J connectivity index is 2.19. The van der Waals surface area contributed by atoms with E-state index in [9.17, 15) is 9.59 Å². The topological polar surface area (TPSA) is 82.7 Å². The number of esters is 1. The van der Waals surface area contributed by atoms with Gasteiger partial charge < -0.3 is 25.6 Å². The van der Waals surface area contributed by atoms with Gasteiger partial charge in [0.05, 0.1) is 18.2 Å². The highest BCUT2D eigenvalue weighted by atomic mass is 32.1. The zero-order valence-electron chi connectivity index (χ0n) is 16.8. The number of rotatable bonds is 7. The number of unbranched alkanes of at least 4 members (excludes halogenated alkanes) is 1. The molecular formula is C20H28N4O3S. The molecule has 1 unspecified atom stereocenters. The summed E-state index contributed by atoms with van der Waals surface area (Å²) in [5, 5.41) is 9.34. The monoisotopic (exact) mass is 404 g/mol. The molecule has 1 atom stereocenters. The Kier molecular flexibility index (Phi) is 7.80. The van der Waals surface area contributed by atoms with Gasteiger partial charge >= 0.3 is 12.0 Å². The third-order valence-electron chi connectivity index (χ3n) is 4.57. The van der Waals surface area contributed by atoms with Crippen LogP contribution in [0.15, 0.2) is 35.5 Å². The summed E-state index contributed by atoms with van der Waals surface area (Å²) in [4.78, 5) is 26.2. The number of benzene rings is 1. The first-order valence-electron chi connectivity index (χ1n) is 9.45. The summed E-state index contributed by atoms with van der Waals surface area (Å²) < 4.78 is 5.24. The maximum atomic E-state index is 12.5. The Labute approximate surface area is 171 Å². The predicted octanol–water partition coefficient (Wildman–Crippen LogP) is 3.31. The van der Waals surface area contributed by atoms with Crippen molar-refractivity contribution < 1.29 is 14.3 Å². The first-order valence-corrected chi connectivity index (χ1v) is 9.86. The van der Waals surface area contributed by atoms with E-state index < -0.39 is 6.04 Å². The summed E-state index contributed by atoms with van der Waals surface area (Å²) in [6.07, 6.45) is 1.96. The molecule has 0 bridgehead atoms. The molecule has 2 rings (SSSR count). The van der Waals surface area contributed by atoms with Crippen LogP contribution in [0.1, 0.15) is 45.2 Å². The third-order valence-corrected chi connectivity index (χ3v) is 4.96. The number of amides is 2. The van der Waals surface area contributed by atoms with Crippen LogP contribution >= 0.6 is 12.2 Å². The van der Waals surface area contributed by atoms with Crippen molar-refractivity contribution in [2.75, 3.05) is 25.5 Å². The lowest BCUT2D eigenvalue weighted by Gasteiger charge is -2.35. The van der Waals surface area contributed by atoms with E-state index in [1.165, 1.54) is 0 Å². The van der Waals surface area contributed by atoms with Crippen molar-refractivity contribution in [1.29, 1.82) is 0 Å². The van der Waals surface area contributed by atoms with Gasteiger partial charge in [-0.3, -0.25) is 0 Å². The molecule has 1 aliphatic rings. The molecule has 28 heavy (non-hydrogen) atoms. The molecule has 0 fully saturated rings. The third kappa shape index (κ3) is 5.22. The van der Waals surface area contributed by atoms with Gasteiger partial charge in [0.2, 0.25) is 0 Å². The van der Waals surface area contributed by atoms with E-state index in [0.717, 1.165) is 24.1 Å². The van der Waals surface area contributed by atoms with E-state index in [1.54, 1.807) is 24.0 Å². The number of hydrogen-bond acceptors (Lipinski definition) is 4. The second kappa shape index (κ2) is 10.1. The summed E-state index contributed by atoms with van der Waals surface area (Å²) >= 11 is 5.38. The minimum atomic E-state index is -0.407. The Morgan fingerprint density at radius 1 is 1.25 bits per heavy atom. The van der Waals surface area contributed by atoms with Gasteiger partial charge in [-0.05, 0) is 50.2 Å². The van der Waals surface area contributed by atoms with Crippen LogP contribution in [0.3, 0.4) is 0 Å². The lowest BCUT2D eigenvalue weighted by Crippen LogP contribution is -2.46. The zero-order chi connectivity index (χ0) is 20.7. The second-order valence-corrected chi connectivity index (χ2v) is 6.90. The van der Waals surface area contributed by atoms with Gasteiger partial charge in [0.1, 0.15) is 0 Å². The van der Waals surface area contributed by atoms with Crippen molar-refractivity contribution in [2.45, 2.75) is 39.7 Å². The standard InChI is InChI=1S/C20H28N4O3S/c1-5-7-12-21-19(26)22-15-10-8-14(9-11-15)17-16(18(25)27-6-2)13(3)24(4)20(28)23-17/h8-11,17H,5-7,12H2,1-4H3,(H,23,28)(H2,21,22,26). The number of nitrogens with zero attached hydrogens (tertiary/aromatic N) is 1. The molecule has 8 heteroatoms. The number of hydrogen-bond donors (Lipinski definition) is 3. The molecule has 1 aliphatic heterocycles. The van der Waals surface area contributed by atoms with Gasteiger partial charge in [0.15, 0.2) is 5.11 Å². The minimum Gasteiger partial charge on any atom is -0.463 e. The smallest absolute Gasteiger partial charge is 0.338 e. The van der Waals surface area contributed by atoms with Crippen LogP contribution in [-0.2, 0) is 9.53 Å². The summed E-state index contributed by atoms with van der Waals surface area (Å²) in [5.41, 5.74) is 2.81. The van der Waals surface area contributed by atoms with Crippen LogP contribution in [0.25, 0.3) is 0 Å². The van der Waals surface area contributed by atoms with Gasteiger partial charge in [0.25, 0.3) is 0 Å². The van der Waals surface area contributed by atoms with Crippen molar-refractivity contribution in [3.05, 3.63) is 41.1 Å². The molecule has 7 nitrogen and oxygen atoms in total. The van der Waals surface area contributed by atoms with Crippen LogP contribution in [0.5, 0.6) is 0 Å². The molecule has 0 aliphatic carbocycles. The fourth-order valence-electron chi connectivity index (χ4n) is 2.87. The van der Waals surface area contributed by atoms with Crippen molar-refractivity contribution >= 4 is 35.0 Å². The Morgan fingerprint density at radius 3 is 2.54 bits per heavy atom. The quantitative estimate of drug-likeness (QED) is 0.367. The van der Waals surface area contributed by atoms with Crippen LogP contribution in [0.2, 0.25) is 0 Å². The normalized spacial score (nSPS) is 16.5. The summed E-state index contributed by atoms with van der Waals surface area (Å²) in [6, 6.07) is 6.68. The number of nitrogens with one attached hydrogen (secondary N) is 3. The highest BCUT2D eigenvalue weighted by Crippen LogP contribution is 2.31. The number of allylic oxidation sites excluding steroid dienone is 1. The molecule has 0 saturated heterocycles. The van der Waals surface area contributed by atoms with Crippen LogP contribution in [-0.4, -0.2) is 42.2 Å². The van der Waals surface area contributed by atoms with E-state index in [4.69, 9.17) is 17.0 Å². The molecule has 152 valence electrons. The van der Waals surface area contributed by atoms with E-state index in [1.807, 2.05) is 26.1 Å². The summed E-state index contributed by atoms with van der Waals surface area (Å²) in [7, 11) is 1.81. The van der Waals surface area contributed by atoms with Crippen LogP contribution < -0.4 is 16.0 Å². The van der Waals surface area contributed by atoms with E-state index in [0.29, 0.717) is 29.5 Å². The fourth-order valence-corrected chi connectivity index (χ4v) is 3.13. The van der Waals surface area contributed by atoms with Gasteiger partial charge in [0, 0.05) is 25.0 Å². The first kappa shape index (κ1) is 21.7. The minimum absolute atomic E-state index is 0.234. The van der Waals surface area contributed by atoms with Gasteiger partial charge in [-0.25, -0.2) is 9.59 Å². The molecule has 2 amide bonds. The maximum absolute atomic E-state index is 12.5. The van der Waals surface area contributed by atoms with E-state index in [-0.39, 0.29) is 12.0 Å². The average molecular weight is 405 g/mol. The second-order valence-electron chi connectivity index (χ2n) is 6.52. The van der Waals surface area contributed by atoms with E-state index in [2.05, 4.69) is 22.9 Å².